The summed E-state index contributed by atoms with van der Waals surface area (Å²) in [6.07, 6.45) is 1.82. The summed E-state index contributed by atoms with van der Waals surface area (Å²) in [7, 11) is 4.83. The Morgan fingerprint density at radius 1 is 0.808 bits per heavy atom. The second-order valence-electron chi connectivity index (χ2n) is 5.94. The van der Waals surface area contributed by atoms with Gasteiger partial charge in [-0.15, -0.1) is 0 Å². The van der Waals surface area contributed by atoms with Crippen LogP contribution in [0.1, 0.15) is 5.56 Å². The quantitative estimate of drug-likeness (QED) is 0.746. The molecule has 1 aliphatic rings. The maximum atomic E-state index is 5.50. The Morgan fingerprint density at radius 3 is 2.12 bits per heavy atom. The maximum Gasteiger partial charge on any atom is 0.203 e. The van der Waals surface area contributed by atoms with E-state index in [9.17, 15) is 0 Å². The molecule has 0 spiro atoms. The summed E-state index contributed by atoms with van der Waals surface area (Å²) < 4.78 is 16.2. The lowest BCUT2D eigenvalue weighted by molar-refractivity contribution is 0.272. The second-order valence-corrected chi connectivity index (χ2v) is 5.94. The van der Waals surface area contributed by atoms with Gasteiger partial charge in [-0.05, 0) is 24.3 Å². The van der Waals surface area contributed by atoms with E-state index in [-0.39, 0.29) is 0 Å². The summed E-state index contributed by atoms with van der Waals surface area (Å²) in [4.78, 5) is 2.38. The minimum Gasteiger partial charge on any atom is -0.493 e. The van der Waals surface area contributed by atoms with Crippen molar-refractivity contribution in [1.29, 1.82) is 0 Å². The smallest absolute Gasteiger partial charge is 0.203 e. The van der Waals surface area contributed by atoms with E-state index in [1.54, 1.807) is 21.3 Å². The molecule has 0 unspecified atom stereocenters. The van der Waals surface area contributed by atoms with Crippen LogP contribution in [-0.2, 0) is 0 Å². The number of nitrogens with zero attached hydrogens (tertiary/aromatic N) is 3. The van der Waals surface area contributed by atoms with E-state index in [1.807, 2.05) is 24.4 Å². The van der Waals surface area contributed by atoms with Crippen molar-refractivity contribution in [2.45, 2.75) is 0 Å². The first-order valence-electron chi connectivity index (χ1n) is 8.64. The van der Waals surface area contributed by atoms with E-state index < -0.39 is 0 Å². The van der Waals surface area contributed by atoms with Gasteiger partial charge in [-0.2, -0.15) is 5.10 Å². The molecule has 0 aliphatic carbocycles. The predicted molar refractivity (Wildman–Crippen MR) is 104 cm³/mol. The zero-order valence-electron chi connectivity index (χ0n) is 15.5. The molecule has 6 heteroatoms. The summed E-state index contributed by atoms with van der Waals surface area (Å²) in [5, 5.41) is 6.71. The Bertz CT molecular complexity index is 741. The molecule has 0 aromatic heterocycles. The number of para-hydroxylation sites is 1. The first-order chi connectivity index (χ1) is 12.8. The Balaban J connectivity index is 1.68. The lowest BCUT2D eigenvalue weighted by atomic mass is 10.2. The number of hydrogen-bond acceptors (Lipinski definition) is 6. The van der Waals surface area contributed by atoms with Gasteiger partial charge in [0, 0.05) is 24.3 Å². The van der Waals surface area contributed by atoms with Crippen molar-refractivity contribution in [2.24, 2.45) is 5.10 Å². The number of ether oxygens (including phenoxy) is 3. The topological polar surface area (TPSA) is 46.5 Å². The molecule has 0 amide bonds. The van der Waals surface area contributed by atoms with Crippen molar-refractivity contribution in [2.75, 3.05) is 52.4 Å². The van der Waals surface area contributed by atoms with Crippen LogP contribution in [0.4, 0.5) is 5.69 Å². The highest BCUT2D eigenvalue weighted by Crippen LogP contribution is 2.39. The van der Waals surface area contributed by atoms with Gasteiger partial charge < -0.3 is 19.1 Å². The van der Waals surface area contributed by atoms with Crippen molar-refractivity contribution < 1.29 is 14.2 Å². The fraction of sp³-hybridized carbons (Fsp3) is 0.350. The van der Waals surface area contributed by atoms with Crippen molar-refractivity contribution >= 4 is 11.9 Å². The van der Waals surface area contributed by atoms with Gasteiger partial charge in [0.1, 0.15) is 0 Å². The molecule has 0 bridgehead atoms. The molecule has 1 heterocycles. The molecule has 1 saturated heterocycles. The van der Waals surface area contributed by atoms with Gasteiger partial charge in [0.25, 0.3) is 0 Å². The van der Waals surface area contributed by atoms with Crippen LogP contribution in [0.3, 0.4) is 0 Å². The third kappa shape index (κ3) is 3.85. The van der Waals surface area contributed by atoms with Crippen LogP contribution in [0.25, 0.3) is 0 Å². The predicted octanol–water partition coefficient (Wildman–Crippen LogP) is 2.87. The largest absolute Gasteiger partial charge is 0.493 e. The van der Waals surface area contributed by atoms with Crippen LogP contribution in [0.15, 0.2) is 47.6 Å². The van der Waals surface area contributed by atoms with E-state index in [0.717, 1.165) is 31.7 Å². The number of hydrazone groups is 1. The molecule has 138 valence electrons. The highest BCUT2D eigenvalue weighted by molar-refractivity contribution is 5.86. The molecular weight excluding hydrogens is 330 g/mol. The lowest BCUT2D eigenvalue weighted by Gasteiger charge is -2.34. The normalized spacial score (nSPS) is 14.6. The summed E-state index contributed by atoms with van der Waals surface area (Å²) >= 11 is 0. The van der Waals surface area contributed by atoms with Crippen molar-refractivity contribution in [3.8, 4) is 17.2 Å². The molecule has 0 radical (unpaired) electrons. The van der Waals surface area contributed by atoms with E-state index in [1.165, 1.54) is 5.69 Å². The van der Waals surface area contributed by atoms with Crippen LogP contribution in [0.5, 0.6) is 17.2 Å². The molecule has 0 atom stereocenters. The van der Waals surface area contributed by atoms with Crippen molar-refractivity contribution in [3.63, 3.8) is 0 Å². The third-order valence-corrected chi connectivity index (χ3v) is 4.47. The zero-order valence-corrected chi connectivity index (χ0v) is 15.5. The van der Waals surface area contributed by atoms with Crippen molar-refractivity contribution in [3.05, 3.63) is 48.0 Å². The zero-order chi connectivity index (χ0) is 18.4. The van der Waals surface area contributed by atoms with Gasteiger partial charge in [0.15, 0.2) is 11.5 Å². The number of hydrogen-bond donors (Lipinski definition) is 0. The molecular formula is C20H25N3O3. The average molecular weight is 355 g/mol. The maximum absolute atomic E-state index is 5.50. The Hall–Kier alpha value is -2.89. The summed E-state index contributed by atoms with van der Waals surface area (Å²) in [5.41, 5.74) is 2.12. The molecule has 0 N–H and O–H groups in total. The average Bonchev–Trinajstić information content (AvgIpc) is 2.72. The number of methoxy groups -OCH3 is 3. The summed E-state index contributed by atoms with van der Waals surface area (Å²) in [6, 6.07) is 14.3. The third-order valence-electron chi connectivity index (χ3n) is 4.47. The SMILES string of the molecule is COc1ccc(C=NN2CCN(c3ccccc3)CC2)c(OC)c1OC. The molecule has 2 aromatic carbocycles. The van der Waals surface area contributed by atoms with E-state index in [4.69, 9.17) is 14.2 Å². The van der Waals surface area contributed by atoms with Crippen LogP contribution < -0.4 is 19.1 Å². The molecule has 1 fully saturated rings. The lowest BCUT2D eigenvalue weighted by Crippen LogP contribution is -2.44. The fourth-order valence-electron chi connectivity index (χ4n) is 3.08. The van der Waals surface area contributed by atoms with Gasteiger partial charge in [0.05, 0.1) is 40.6 Å². The minimum atomic E-state index is 0.577. The first kappa shape index (κ1) is 17.9. The first-order valence-corrected chi connectivity index (χ1v) is 8.64. The van der Waals surface area contributed by atoms with E-state index >= 15 is 0 Å². The van der Waals surface area contributed by atoms with E-state index in [2.05, 4.69) is 39.3 Å². The number of anilines is 1. The van der Waals surface area contributed by atoms with Gasteiger partial charge in [0.2, 0.25) is 5.75 Å². The van der Waals surface area contributed by atoms with Crippen LogP contribution in [-0.4, -0.2) is 58.7 Å². The van der Waals surface area contributed by atoms with Crippen LogP contribution in [0, 0.1) is 0 Å². The molecule has 2 aromatic rings. The highest BCUT2D eigenvalue weighted by Gasteiger charge is 2.17. The fourth-order valence-corrected chi connectivity index (χ4v) is 3.08. The summed E-state index contributed by atoms with van der Waals surface area (Å²) in [5.74, 6) is 1.84. The molecule has 3 rings (SSSR count). The number of benzene rings is 2. The monoisotopic (exact) mass is 355 g/mol. The number of rotatable bonds is 6. The second kappa shape index (κ2) is 8.47. The van der Waals surface area contributed by atoms with Crippen LogP contribution >= 0.6 is 0 Å². The van der Waals surface area contributed by atoms with E-state index in [0.29, 0.717) is 17.2 Å². The Labute approximate surface area is 154 Å². The molecule has 6 nitrogen and oxygen atoms in total. The van der Waals surface area contributed by atoms with Gasteiger partial charge in [-0.1, -0.05) is 18.2 Å². The van der Waals surface area contributed by atoms with Gasteiger partial charge >= 0.3 is 0 Å². The Kier molecular flexibility index (Phi) is 5.84. The van der Waals surface area contributed by atoms with Gasteiger partial charge in [-0.3, -0.25) is 5.01 Å². The standard InChI is InChI=1S/C20H25N3O3/c1-24-18-10-9-16(19(25-2)20(18)26-3)15-21-23-13-11-22(12-14-23)17-7-5-4-6-8-17/h4-10,15H,11-14H2,1-3H3. The molecule has 0 saturated carbocycles. The Morgan fingerprint density at radius 2 is 1.50 bits per heavy atom. The van der Waals surface area contributed by atoms with Crippen molar-refractivity contribution in [1.82, 2.24) is 5.01 Å². The molecule has 1 aliphatic heterocycles. The molecule has 26 heavy (non-hydrogen) atoms. The highest BCUT2D eigenvalue weighted by atomic mass is 16.5. The minimum absolute atomic E-state index is 0.577. The summed E-state index contributed by atoms with van der Waals surface area (Å²) in [6.45, 7) is 3.65. The van der Waals surface area contributed by atoms with Crippen LogP contribution in [0.2, 0.25) is 0 Å². The number of piperazine rings is 1. The van der Waals surface area contributed by atoms with Gasteiger partial charge in [-0.25, -0.2) is 0 Å².